The zero-order chi connectivity index (χ0) is 8.20. The number of hydrogen-bond donors (Lipinski definition) is 1. The van der Waals surface area contributed by atoms with Crippen molar-refractivity contribution in [2.45, 2.75) is 33.9 Å². The van der Waals surface area contributed by atoms with Gasteiger partial charge in [-0.15, -0.1) is 0 Å². The second-order valence-corrected chi connectivity index (χ2v) is 2.80. The lowest BCUT2D eigenvalue weighted by Crippen LogP contribution is -2.53. The molecule has 0 aliphatic heterocycles. The molecule has 2 heteroatoms. The van der Waals surface area contributed by atoms with Gasteiger partial charge in [-0.25, -0.2) is 0 Å². The highest BCUT2D eigenvalue weighted by molar-refractivity contribution is 4.36. The molecule has 0 aromatic carbocycles. The number of nitrogens with zero attached hydrogens (tertiary/aromatic N) is 1. The van der Waals surface area contributed by atoms with Crippen LogP contribution < -0.4 is 0 Å². The van der Waals surface area contributed by atoms with Crippen LogP contribution in [0, 0.1) is 0 Å². The van der Waals surface area contributed by atoms with Crippen LogP contribution in [0.1, 0.15) is 27.7 Å². The Kier molecular flexibility index (Phi) is 3.91. The van der Waals surface area contributed by atoms with Gasteiger partial charge in [-0.3, -0.25) is 4.48 Å². The first-order chi connectivity index (χ1) is 4.63. The molecular formula is C8H20NO+. The summed E-state index contributed by atoms with van der Waals surface area (Å²) >= 11 is 0. The Balaban J connectivity index is 4.15. The largest absolute Gasteiger partial charge is 0.345 e. The lowest BCUT2D eigenvalue weighted by Gasteiger charge is -2.38. The quantitative estimate of drug-likeness (QED) is 0.467. The molecular weight excluding hydrogens is 126 g/mol. The SMILES string of the molecule is CC[N+](CC)(CC)C(C)O. The van der Waals surface area contributed by atoms with E-state index in [1.54, 1.807) is 0 Å². The summed E-state index contributed by atoms with van der Waals surface area (Å²) in [4.78, 5) is 0. The maximum Gasteiger partial charge on any atom is 0.187 e. The number of aliphatic hydroxyl groups excluding tert-OH is 1. The number of aliphatic hydroxyl groups is 1. The molecule has 0 aromatic heterocycles. The van der Waals surface area contributed by atoms with E-state index in [0.717, 1.165) is 24.1 Å². The van der Waals surface area contributed by atoms with Crippen molar-refractivity contribution >= 4 is 0 Å². The van der Waals surface area contributed by atoms with Gasteiger partial charge in [0.25, 0.3) is 0 Å². The predicted octanol–water partition coefficient (Wildman–Crippen LogP) is 1.20. The summed E-state index contributed by atoms with van der Waals surface area (Å²) in [6.45, 7) is 11.3. The fraction of sp³-hybridized carbons (Fsp3) is 1.00. The van der Waals surface area contributed by atoms with Crippen molar-refractivity contribution in [2.24, 2.45) is 0 Å². The molecule has 1 unspecified atom stereocenters. The standard InChI is InChI=1S/C8H20NO/c1-5-9(6-2,7-3)8(4)10/h8,10H,5-7H2,1-4H3/q+1. The normalized spacial score (nSPS) is 15.3. The minimum absolute atomic E-state index is 0.222. The molecule has 0 saturated carbocycles. The van der Waals surface area contributed by atoms with Gasteiger partial charge in [-0.2, -0.15) is 0 Å². The van der Waals surface area contributed by atoms with Crippen LogP contribution in [0.25, 0.3) is 0 Å². The average molecular weight is 146 g/mol. The Hall–Kier alpha value is -0.0800. The van der Waals surface area contributed by atoms with E-state index in [1.807, 2.05) is 6.92 Å². The number of quaternary nitrogens is 1. The molecule has 0 spiro atoms. The second-order valence-electron chi connectivity index (χ2n) is 2.80. The van der Waals surface area contributed by atoms with Crippen molar-refractivity contribution in [2.75, 3.05) is 19.6 Å². The average Bonchev–Trinajstić information content (AvgIpc) is 1.92. The molecule has 10 heavy (non-hydrogen) atoms. The van der Waals surface area contributed by atoms with Gasteiger partial charge in [0, 0.05) is 6.92 Å². The lowest BCUT2D eigenvalue weighted by molar-refractivity contribution is -0.964. The maximum absolute atomic E-state index is 9.43. The fourth-order valence-electron chi connectivity index (χ4n) is 1.46. The van der Waals surface area contributed by atoms with E-state index < -0.39 is 0 Å². The van der Waals surface area contributed by atoms with E-state index in [1.165, 1.54) is 0 Å². The number of hydrogen-bond acceptors (Lipinski definition) is 1. The highest BCUT2D eigenvalue weighted by atomic mass is 16.3. The van der Waals surface area contributed by atoms with E-state index in [2.05, 4.69) is 20.8 Å². The Morgan fingerprint density at radius 1 is 1.10 bits per heavy atom. The molecule has 0 amide bonds. The Labute approximate surface area is 64.1 Å². The van der Waals surface area contributed by atoms with Crippen LogP contribution in [0.5, 0.6) is 0 Å². The molecule has 0 fully saturated rings. The third kappa shape index (κ3) is 1.70. The van der Waals surface area contributed by atoms with Gasteiger partial charge in [0.15, 0.2) is 6.23 Å². The van der Waals surface area contributed by atoms with Crippen LogP contribution in [0.15, 0.2) is 0 Å². The highest BCUT2D eigenvalue weighted by Crippen LogP contribution is 2.09. The van der Waals surface area contributed by atoms with Crippen LogP contribution in [0.4, 0.5) is 0 Å². The summed E-state index contributed by atoms with van der Waals surface area (Å²) in [6, 6.07) is 0. The van der Waals surface area contributed by atoms with E-state index in [-0.39, 0.29) is 6.23 Å². The molecule has 0 aliphatic carbocycles. The molecule has 0 bridgehead atoms. The van der Waals surface area contributed by atoms with Crippen molar-refractivity contribution < 1.29 is 9.59 Å². The third-order valence-electron chi connectivity index (χ3n) is 2.68. The van der Waals surface area contributed by atoms with Gasteiger partial charge < -0.3 is 5.11 Å². The number of rotatable bonds is 4. The van der Waals surface area contributed by atoms with Gasteiger partial charge >= 0.3 is 0 Å². The fourth-order valence-corrected chi connectivity index (χ4v) is 1.46. The summed E-state index contributed by atoms with van der Waals surface area (Å²) in [6.07, 6.45) is -0.222. The van der Waals surface area contributed by atoms with Crippen LogP contribution in [-0.4, -0.2) is 35.5 Å². The molecule has 0 rings (SSSR count). The highest BCUT2D eigenvalue weighted by Gasteiger charge is 2.25. The van der Waals surface area contributed by atoms with E-state index in [9.17, 15) is 5.11 Å². The van der Waals surface area contributed by atoms with E-state index >= 15 is 0 Å². The van der Waals surface area contributed by atoms with Crippen molar-refractivity contribution in [1.29, 1.82) is 0 Å². The molecule has 62 valence electrons. The minimum Gasteiger partial charge on any atom is -0.345 e. The van der Waals surface area contributed by atoms with Gasteiger partial charge in [-0.1, -0.05) is 0 Å². The van der Waals surface area contributed by atoms with Gasteiger partial charge in [0.2, 0.25) is 0 Å². The molecule has 0 aromatic rings. The van der Waals surface area contributed by atoms with E-state index in [4.69, 9.17) is 0 Å². The Morgan fingerprint density at radius 2 is 1.40 bits per heavy atom. The topological polar surface area (TPSA) is 20.2 Å². The molecule has 0 heterocycles. The zero-order valence-electron chi connectivity index (χ0n) is 7.59. The lowest BCUT2D eigenvalue weighted by atomic mass is 10.3. The van der Waals surface area contributed by atoms with Crippen molar-refractivity contribution in [3.05, 3.63) is 0 Å². The van der Waals surface area contributed by atoms with Crippen LogP contribution in [0.3, 0.4) is 0 Å². The zero-order valence-corrected chi connectivity index (χ0v) is 7.59. The van der Waals surface area contributed by atoms with E-state index in [0.29, 0.717) is 0 Å². The summed E-state index contributed by atoms with van der Waals surface area (Å²) in [7, 11) is 0. The first kappa shape index (κ1) is 9.92. The smallest absolute Gasteiger partial charge is 0.187 e. The van der Waals surface area contributed by atoms with Crippen LogP contribution >= 0.6 is 0 Å². The van der Waals surface area contributed by atoms with Gasteiger partial charge in [-0.05, 0) is 20.8 Å². The Bertz CT molecular complexity index is 79.0. The molecule has 1 atom stereocenters. The first-order valence-corrected chi connectivity index (χ1v) is 4.16. The van der Waals surface area contributed by atoms with Gasteiger partial charge in [0.1, 0.15) is 0 Å². The monoisotopic (exact) mass is 146 g/mol. The second kappa shape index (κ2) is 3.94. The molecule has 0 radical (unpaired) electrons. The Morgan fingerprint density at radius 3 is 1.40 bits per heavy atom. The summed E-state index contributed by atoms with van der Waals surface area (Å²) in [5.41, 5.74) is 0. The van der Waals surface area contributed by atoms with Crippen molar-refractivity contribution in [1.82, 2.24) is 0 Å². The molecule has 0 aliphatic rings. The molecule has 1 N–H and O–H groups in total. The molecule has 2 nitrogen and oxygen atoms in total. The van der Waals surface area contributed by atoms with Crippen molar-refractivity contribution in [3.8, 4) is 0 Å². The maximum atomic E-state index is 9.43. The van der Waals surface area contributed by atoms with Crippen molar-refractivity contribution in [3.63, 3.8) is 0 Å². The van der Waals surface area contributed by atoms with Gasteiger partial charge in [0.05, 0.1) is 19.6 Å². The van der Waals surface area contributed by atoms with Crippen LogP contribution in [-0.2, 0) is 0 Å². The minimum atomic E-state index is -0.222. The third-order valence-corrected chi connectivity index (χ3v) is 2.68. The first-order valence-electron chi connectivity index (χ1n) is 4.16. The predicted molar refractivity (Wildman–Crippen MR) is 43.6 cm³/mol. The summed E-state index contributed by atoms with van der Waals surface area (Å²) < 4.78 is 0.819. The summed E-state index contributed by atoms with van der Waals surface area (Å²) in [5, 5.41) is 9.43. The molecule has 0 saturated heterocycles. The summed E-state index contributed by atoms with van der Waals surface area (Å²) in [5.74, 6) is 0. The van der Waals surface area contributed by atoms with Crippen LogP contribution in [0.2, 0.25) is 0 Å².